The lowest BCUT2D eigenvalue weighted by Gasteiger charge is -2.20. The van der Waals surface area contributed by atoms with Crippen molar-refractivity contribution < 1.29 is 0 Å². The fourth-order valence-electron chi connectivity index (χ4n) is 1.86. The van der Waals surface area contributed by atoms with Gasteiger partial charge in [-0.3, -0.25) is 4.90 Å². The lowest BCUT2D eigenvalue weighted by Crippen LogP contribution is -2.27. The zero-order valence-electron chi connectivity index (χ0n) is 9.03. The first-order valence-corrected chi connectivity index (χ1v) is 6.24. The maximum absolute atomic E-state index is 5.82. The predicted molar refractivity (Wildman–Crippen MR) is 65.2 cm³/mol. The second-order valence-corrected chi connectivity index (χ2v) is 4.73. The molecule has 0 amide bonds. The van der Waals surface area contributed by atoms with E-state index in [4.69, 9.17) is 11.6 Å². The molecule has 0 saturated heterocycles. The van der Waals surface area contributed by atoms with Crippen molar-refractivity contribution in [1.82, 2.24) is 4.90 Å². The molecule has 1 aliphatic rings. The third-order valence-corrected chi connectivity index (χ3v) is 3.03. The molecule has 15 heavy (non-hydrogen) atoms. The lowest BCUT2D eigenvalue weighted by atomic mass is 10.2. The van der Waals surface area contributed by atoms with Crippen molar-refractivity contribution in [2.75, 3.05) is 19.0 Å². The number of hydrogen-bond acceptors (Lipinski definition) is 1. The second kappa shape index (κ2) is 5.53. The van der Waals surface area contributed by atoms with E-state index >= 15 is 0 Å². The van der Waals surface area contributed by atoms with Crippen LogP contribution in [0.3, 0.4) is 0 Å². The van der Waals surface area contributed by atoms with Crippen molar-refractivity contribution >= 4 is 11.6 Å². The lowest BCUT2D eigenvalue weighted by molar-refractivity contribution is 0.270. The van der Waals surface area contributed by atoms with Crippen LogP contribution in [-0.2, 0) is 6.54 Å². The molecular formula is C13H18ClN. The molecule has 0 bridgehead atoms. The summed E-state index contributed by atoms with van der Waals surface area (Å²) < 4.78 is 0. The topological polar surface area (TPSA) is 3.24 Å². The van der Waals surface area contributed by atoms with E-state index in [1.807, 2.05) is 0 Å². The Kier molecular flexibility index (Phi) is 4.04. The van der Waals surface area contributed by atoms with Crippen LogP contribution in [0.4, 0.5) is 0 Å². The van der Waals surface area contributed by atoms with Gasteiger partial charge in [-0.2, -0.15) is 0 Å². The van der Waals surface area contributed by atoms with E-state index in [0.717, 1.165) is 24.9 Å². The molecule has 1 nitrogen and oxygen atoms in total. The van der Waals surface area contributed by atoms with Crippen molar-refractivity contribution in [2.45, 2.75) is 19.4 Å². The molecule has 0 N–H and O–H groups in total. The van der Waals surface area contributed by atoms with Gasteiger partial charge in [0.25, 0.3) is 0 Å². The molecule has 82 valence electrons. The van der Waals surface area contributed by atoms with Crippen LogP contribution in [0.25, 0.3) is 0 Å². The minimum absolute atomic E-state index is 0.736. The molecule has 0 aromatic heterocycles. The van der Waals surface area contributed by atoms with Gasteiger partial charge in [0.1, 0.15) is 0 Å². The summed E-state index contributed by atoms with van der Waals surface area (Å²) in [6.45, 7) is 3.28. The largest absolute Gasteiger partial charge is 0.298 e. The van der Waals surface area contributed by atoms with Gasteiger partial charge in [-0.25, -0.2) is 0 Å². The van der Waals surface area contributed by atoms with Crippen LogP contribution in [0.1, 0.15) is 18.4 Å². The summed E-state index contributed by atoms with van der Waals surface area (Å²) in [6.07, 6.45) is 2.82. The van der Waals surface area contributed by atoms with Crippen LogP contribution in [0.15, 0.2) is 30.3 Å². The standard InChI is InChI=1S/C13H18ClN/c14-8-9-15(11-13-6-7-13)10-12-4-2-1-3-5-12/h1-5,13H,6-11H2. The molecule has 0 heterocycles. The van der Waals surface area contributed by atoms with Gasteiger partial charge in [0, 0.05) is 25.5 Å². The van der Waals surface area contributed by atoms with Crippen LogP contribution < -0.4 is 0 Å². The Balaban J connectivity index is 1.87. The van der Waals surface area contributed by atoms with Gasteiger partial charge in [0.05, 0.1) is 0 Å². The van der Waals surface area contributed by atoms with Crippen LogP contribution in [0, 0.1) is 5.92 Å². The number of halogens is 1. The Hall–Kier alpha value is -0.530. The van der Waals surface area contributed by atoms with Crippen molar-refractivity contribution in [2.24, 2.45) is 5.92 Å². The Morgan fingerprint density at radius 2 is 1.93 bits per heavy atom. The van der Waals surface area contributed by atoms with Crippen molar-refractivity contribution in [1.29, 1.82) is 0 Å². The number of benzene rings is 1. The third kappa shape index (κ3) is 3.84. The molecule has 0 unspecified atom stereocenters. The maximum atomic E-state index is 5.82. The van der Waals surface area contributed by atoms with Crippen LogP contribution in [-0.4, -0.2) is 23.9 Å². The minimum Gasteiger partial charge on any atom is -0.298 e. The monoisotopic (exact) mass is 223 g/mol. The predicted octanol–water partition coefficient (Wildman–Crippen LogP) is 3.14. The zero-order valence-corrected chi connectivity index (χ0v) is 9.79. The van der Waals surface area contributed by atoms with Gasteiger partial charge < -0.3 is 0 Å². The summed E-state index contributed by atoms with van der Waals surface area (Å²) in [6, 6.07) is 10.6. The summed E-state index contributed by atoms with van der Waals surface area (Å²) in [5.41, 5.74) is 1.39. The van der Waals surface area contributed by atoms with E-state index in [1.54, 1.807) is 0 Å². The molecule has 1 aromatic rings. The number of nitrogens with zero attached hydrogens (tertiary/aromatic N) is 1. The van der Waals surface area contributed by atoms with E-state index in [1.165, 1.54) is 24.9 Å². The Bertz CT molecular complexity index is 282. The quantitative estimate of drug-likeness (QED) is 0.670. The summed E-state index contributed by atoms with van der Waals surface area (Å²) in [5, 5.41) is 0. The first kappa shape index (κ1) is 11.0. The van der Waals surface area contributed by atoms with Gasteiger partial charge in [0.2, 0.25) is 0 Å². The van der Waals surface area contributed by atoms with Crippen molar-refractivity contribution in [3.63, 3.8) is 0 Å². The Morgan fingerprint density at radius 1 is 1.20 bits per heavy atom. The molecular weight excluding hydrogens is 206 g/mol. The van der Waals surface area contributed by atoms with E-state index in [-0.39, 0.29) is 0 Å². The summed E-state index contributed by atoms with van der Waals surface area (Å²) in [4.78, 5) is 2.47. The van der Waals surface area contributed by atoms with Crippen molar-refractivity contribution in [3.05, 3.63) is 35.9 Å². The molecule has 1 saturated carbocycles. The SMILES string of the molecule is ClCCN(Cc1ccccc1)CC1CC1. The number of hydrogen-bond donors (Lipinski definition) is 0. The molecule has 0 atom stereocenters. The molecule has 2 rings (SSSR count). The average molecular weight is 224 g/mol. The summed E-state index contributed by atoms with van der Waals surface area (Å²) in [5.74, 6) is 1.68. The Morgan fingerprint density at radius 3 is 2.53 bits per heavy atom. The van der Waals surface area contributed by atoms with E-state index in [0.29, 0.717) is 0 Å². The van der Waals surface area contributed by atoms with Gasteiger partial charge in [0.15, 0.2) is 0 Å². The van der Waals surface area contributed by atoms with Crippen LogP contribution in [0.2, 0.25) is 0 Å². The molecule has 0 aliphatic heterocycles. The number of rotatable bonds is 6. The molecule has 0 spiro atoms. The zero-order chi connectivity index (χ0) is 10.5. The van der Waals surface area contributed by atoms with Gasteiger partial charge in [-0.15, -0.1) is 11.6 Å². The molecule has 1 aromatic carbocycles. The second-order valence-electron chi connectivity index (χ2n) is 4.35. The van der Waals surface area contributed by atoms with Crippen LogP contribution in [0.5, 0.6) is 0 Å². The first-order chi connectivity index (χ1) is 7.38. The fraction of sp³-hybridized carbons (Fsp3) is 0.538. The average Bonchev–Trinajstić information content (AvgIpc) is 3.03. The maximum Gasteiger partial charge on any atom is 0.0351 e. The highest BCUT2D eigenvalue weighted by atomic mass is 35.5. The highest BCUT2D eigenvalue weighted by Gasteiger charge is 2.23. The summed E-state index contributed by atoms with van der Waals surface area (Å²) >= 11 is 5.82. The normalized spacial score (nSPS) is 15.9. The van der Waals surface area contributed by atoms with Gasteiger partial charge in [-0.05, 0) is 24.3 Å². The minimum atomic E-state index is 0.736. The van der Waals surface area contributed by atoms with Crippen molar-refractivity contribution in [3.8, 4) is 0 Å². The smallest absolute Gasteiger partial charge is 0.0351 e. The van der Waals surface area contributed by atoms with E-state index in [9.17, 15) is 0 Å². The highest BCUT2D eigenvalue weighted by Crippen LogP contribution is 2.30. The summed E-state index contributed by atoms with van der Waals surface area (Å²) in [7, 11) is 0. The fourth-order valence-corrected chi connectivity index (χ4v) is 2.10. The van der Waals surface area contributed by atoms with E-state index in [2.05, 4.69) is 35.2 Å². The molecule has 2 heteroatoms. The van der Waals surface area contributed by atoms with E-state index < -0.39 is 0 Å². The molecule has 1 fully saturated rings. The first-order valence-electron chi connectivity index (χ1n) is 5.70. The molecule has 0 radical (unpaired) electrons. The number of alkyl halides is 1. The Labute approximate surface area is 97.0 Å². The third-order valence-electron chi connectivity index (χ3n) is 2.86. The van der Waals surface area contributed by atoms with Gasteiger partial charge >= 0.3 is 0 Å². The van der Waals surface area contributed by atoms with Gasteiger partial charge in [-0.1, -0.05) is 30.3 Å². The van der Waals surface area contributed by atoms with Crippen LogP contribution >= 0.6 is 11.6 Å². The molecule has 1 aliphatic carbocycles. The highest BCUT2D eigenvalue weighted by molar-refractivity contribution is 6.18.